The summed E-state index contributed by atoms with van der Waals surface area (Å²) in [5.41, 5.74) is 0. The maximum atomic E-state index is 12.8. The van der Waals surface area contributed by atoms with Crippen molar-refractivity contribution in [3.05, 3.63) is 12.2 Å². The van der Waals surface area contributed by atoms with E-state index < -0.39 is 0 Å². The van der Waals surface area contributed by atoms with Gasteiger partial charge in [-0.05, 0) is 89.0 Å². The Kier molecular flexibility index (Phi) is 37.6. The van der Waals surface area contributed by atoms with Gasteiger partial charge in [0.2, 0.25) is 11.8 Å². The van der Waals surface area contributed by atoms with Crippen LogP contribution in [0.25, 0.3) is 0 Å². The summed E-state index contributed by atoms with van der Waals surface area (Å²) in [6.07, 6.45) is 49.0. The second-order valence-electron chi connectivity index (χ2n) is 19.0. The predicted molar refractivity (Wildman–Crippen MR) is 256 cm³/mol. The van der Waals surface area contributed by atoms with Crippen LogP contribution in [-0.4, -0.2) is 62.9 Å². The third kappa shape index (κ3) is 34.6. The Balaban J connectivity index is 1.29. The smallest absolute Gasteiger partial charge is 0.243 e. The molecule has 1 saturated carbocycles. The maximum absolute atomic E-state index is 12.8. The number of hydrogen-bond acceptors (Lipinski definition) is 6. The second kappa shape index (κ2) is 41.2. The van der Waals surface area contributed by atoms with Crippen LogP contribution < -0.4 is 10.6 Å². The van der Waals surface area contributed by atoms with Crippen LogP contribution in [-0.2, 0) is 28.5 Å². The van der Waals surface area contributed by atoms with Crippen LogP contribution in [0.1, 0.15) is 258 Å². The number of hydrogen-bond donors (Lipinski definition) is 2. The number of ether oxygens (including phenoxy) is 4. The van der Waals surface area contributed by atoms with E-state index in [1.807, 2.05) is 6.08 Å². The van der Waals surface area contributed by atoms with Crippen LogP contribution in [0.5, 0.6) is 0 Å². The Morgan fingerprint density at radius 3 is 1.66 bits per heavy atom. The highest BCUT2D eigenvalue weighted by atomic mass is 16.7. The molecule has 0 aromatic carbocycles. The van der Waals surface area contributed by atoms with Gasteiger partial charge in [0.1, 0.15) is 0 Å². The fraction of sp³-hybridized carbons (Fsp3) is 0.925. The van der Waals surface area contributed by atoms with Gasteiger partial charge in [-0.2, -0.15) is 0 Å². The van der Waals surface area contributed by atoms with E-state index in [0.717, 1.165) is 90.6 Å². The molecule has 2 amide bonds. The Bertz CT molecular complexity index is 1020. The number of unbranched alkanes of at least 4 members (excludes halogenated alkanes) is 25. The zero-order valence-corrected chi connectivity index (χ0v) is 40.5. The molecule has 0 aromatic rings. The van der Waals surface area contributed by atoms with Crippen LogP contribution in [0.2, 0.25) is 0 Å². The molecule has 5 atom stereocenters. The third-order valence-corrected chi connectivity index (χ3v) is 12.9. The molecule has 2 rings (SSSR count). The van der Waals surface area contributed by atoms with Crippen molar-refractivity contribution in [2.45, 2.75) is 283 Å². The summed E-state index contributed by atoms with van der Waals surface area (Å²) in [4.78, 5) is 25.3. The Morgan fingerprint density at radius 2 is 1.11 bits per heavy atom. The number of allylic oxidation sites excluding steroid dienone is 1. The minimum Gasteiger partial charge on any atom is -0.353 e. The first-order valence-corrected chi connectivity index (χ1v) is 26.7. The third-order valence-electron chi connectivity index (χ3n) is 12.9. The summed E-state index contributed by atoms with van der Waals surface area (Å²) in [7, 11) is 0. The normalized spacial score (nSPS) is 19.1. The molecule has 1 heterocycles. The van der Waals surface area contributed by atoms with E-state index in [1.54, 1.807) is 6.08 Å². The lowest BCUT2D eigenvalue weighted by Gasteiger charge is -2.22. The minimum atomic E-state index is -0.0144. The van der Waals surface area contributed by atoms with E-state index >= 15 is 0 Å². The molecule has 0 bridgehead atoms. The molecule has 0 radical (unpaired) electrons. The van der Waals surface area contributed by atoms with E-state index in [-0.39, 0.29) is 36.5 Å². The number of carbonyl (C=O) groups is 2. The number of rotatable bonds is 43. The number of amides is 2. The minimum absolute atomic E-state index is 0.0144. The lowest BCUT2D eigenvalue weighted by Crippen LogP contribution is -2.37. The molecule has 0 spiro atoms. The average molecular weight is 861 g/mol. The fourth-order valence-electron chi connectivity index (χ4n) is 9.04. The molecule has 61 heavy (non-hydrogen) atoms. The van der Waals surface area contributed by atoms with Crippen molar-refractivity contribution in [2.75, 3.05) is 26.4 Å². The molecule has 1 saturated heterocycles. The molecule has 8 heteroatoms. The van der Waals surface area contributed by atoms with Crippen molar-refractivity contribution < 1.29 is 28.5 Å². The molecular formula is C53H100N2O6. The Morgan fingerprint density at radius 1 is 0.607 bits per heavy atom. The van der Waals surface area contributed by atoms with E-state index in [2.05, 4.69) is 31.4 Å². The van der Waals surface area contributed by atoms with Gasteiger partial charge in [0, 0.05) is 44.9 Å². The highest BCUT2D eigenvalue weighted by Gasteiger charge is 2.27. The van der Waals surface area contributed by atoms with Gasteiger partial charge in [-0.25, -0.2) is 0 Å². The maximum Gasteiger partial charge on any atom is 0.243 e. The molecule has 2 N–H and O–H groups in total. The summed E-state index contributed by atoms with van der Waals surface area (Å²) in [6, 6.07) is 0.351. The van der Waals surface area contributed by atoms with E-state index in [4.69, 9.17) is 18.9 Å². The molecular weight excluding hydrogens is 761 g/mol. The van der Waals surface area contributed by atoms with Crippen LogP contribution in [0.3, 0.4) is 0 Å². The monoisotopic (exact) mass is 861 g/mol. The first-order valence-electron chi connectivity index (χ1n) is 26.7. The topological polar surface area (TPSA) is 95.1 Å². The Hall–Kier alpha value is -1.48. The zero-order valence-electron chi connectivity index (χ0n) is 40.5. The zero-order chi connectivity index (χ0) is 43.7. The highest BCUT2D eigenvalue weighted by Crippen LogP contribution is 2.22. The summed E-state index contributed by atoms with van der Waals surface area (Å²) in [6.45, 7) is 9.83. The molecule has 5 unspecified atom stereocenters. The standard InChI is InChI=1S/C53H100N2O6/c1-4-41-58-52(5-2)59-42-33-28-24-20-16-12-8-6-7-11-15-19-23-27-31-37-50(56)54-48-39-40-49(46-48)55-51(57)45-47(3)36-30-26-22-18-14-10-9-13-17-21-25-29-34-43-60-53-38-32-35-44-61-53/h31,37,47-49,52-53H,4-30,32-36,38-46H2,1-3H3,(H,54,56)(H,55,57). The fourth-order valence-corrected chi connectivity index (χ4v) is 9.04. The Labute approximate surface area is 377 Å². The van der Waals surface area contributed by atoms with Crippen molar-refractivity contribution in [1.29, 1.82) is 0 Å². The molecule has 358 valence electrons. The van der Waals surface area contributed by atoms with Gasteiger partial charge in [0.25, 0.3) is 0 Å². The van der Waals surface area contributed by atoms with Gasteiger partial charge in [-0.15, -0.1) is 0 Å². The van der Waals surface area contributed by atoms with Crippen molar-refractivity contribution >= 4 is 11.8 Å². The van der Waals surface area contributed by atoms with Gasteiger partial charge in [0.05, 0.1) is 0 Å². The molecule has 1 aliphatic carbocycles. The summed E-state index contributed by atoms with van der Waals surface area (Å²) >= 11 is 0. The molecule has 1 aliphatic heterocycles. The quantitative estimate of drug-likeness (QED) is 0.0360. The van der Waals surface area contributed by atoms with E-state index in [0.29, 0.717) is 12.3 Å². The van der Waals surface area contributed by atoms with Crippen molar-refractivity contribution in [2.24, 2.45) is 5.92 Å². The SMILES string of the molecule is CCCOC(CC)OCCCCCCCCCCCCCCCC=CC(=O)NC1CCC(NC(=O)CC(C)CCCCCCCCCCCCCCCOC2CCCCO2)C1. The first-order chi connectivity index (χ1) is 30.0. The number of nitrogens with one attached hydrogen (secondary N) is 2. The van der Waals surface area contributed by atoms with E-state index in [9.17, 15) is 9.59 Å². The second-order valence-corrected chi connectivity index (χ2v) is 19.0. The summed E-state index contributed by atoms with van der Waals surface area (Å²) < 4.78 is 23.0. The highest BCUT2D eigenvalue weighted by molar-refractivity contribution is 5.87. The molecule has 8 nitrogen and oxygen atoms in total. The van der Waals surface area contributed by atoms with Crippen LogP contribution in [0, 0.1) is 5.92 Å². The van der Waals surface area contributed by atoms with Gasteiger partial charge in [-0.3, -0.25) is 9.59 Å². The van der Waals surface area contributed by atoms with Crippen LogP contribution >= 0.6 is 0 Å². The summed E-state index contributed by atoms with van der Waals surface area (Å²) in [5, 5.41) is 6.44. The van der Waals surface area contributed by atoms with Crippen molar-refractivity contribution in [3.63, 3.8) is 0 Å². The van der Waals surface area contributed by atoms with Crippen molar-refractivity contribution in [1.82, 2.24) is 10.6 Å². The lowest BCUT2D eigenvalue weighted by molar-refractivity contribution is -0.162. The lowest BCUT2D eigenvalue weighted by atomic mass is 9.98. The molecule has 2 fully saturated rings. The number of carbonyl (C=O) groups excluding carboxylic acids is 2. The molecule has 0 aromatic heterocycles. The van der Waals surface area contributed by atoms with Gasteiger partial charge in [0.15, 0.2) is 12.6 Å². The van der Waals surface area contributed by atoms with Gasteiger partial charge < -0.3 is 29.6 Å². The average Bonchev–Trinajstić information content (AvgIpc) is 3.70. The van der Waals surface area contributed by atoms with Gasteiger partial charge in [-0.1, -0.05) is 181 Å². The largest absolute Gasteiger partial charge is 0.353 e. The molecule has 2 aliphatic rings. The van der Waals surface area contributed by atoms with Crippen LogP contribution in [0.4, 0.5) is 0 Å². The predicted octanol–water partition coefficient (Wildman–Crippen LogP) is 14.4. The van der Waals surface area contributed by atoms with Crippen LogP contribution in [0.15, 0.2) is 12.2 Å². The summed E-state index contributed by atoms with van der Waals surface area (Å²) in [5.74, 6) is 0.626. The van der Waals surface area contributed by atoms with Gasteiger partial charge >= 0.3 is 0 Å². The van der Waals surface area contributed by atoms with Crippen molar-refractivity contribution in [3.8, 4) is 0 Å². The van der Waals surface area contributed by atoms with E-state index in [1.165, 1.54) is 167 Å². The first kappa shape index (κ1) is 55.7.